The minimum Gasteiger partial charge on any atom is -0.480 e. The largest absolute Gasteiger partial charge is 0.480 e. The molecule has 0 fully saturated rings. The lowest BCUT2D eigenvalue weighted by molar-refractivity contribution is -0.123. The van der Waals surface area contributed by atoms with Gasteiger partial charge in [0, 0.05) is 35.0 Å². The average Bonchev–Trinajstić information content (AvgIpc) is 3.02. The molecule has 0 saturated carbocycles. The predicted molar refractivity (Wildman–Crippen MR) is 189 cm³/mol. The van der Waals surface area contributed by atoms with Crippen LogP contribution in [-0.4, -0.2) is 75.3 Å². The summed E-state index contributed by atoms with van der Waals surface area (Å²) in [5.74, 6) is 0.000620. The summed E-state index contributed by atoms with van der Waals surface area (Å²) in [5.41, 5.74) is 0.937. The van der Waals surface area contributed by atoms with Gasteiger partial charge >= 0.3 is 0 Å². The van der Waals surface area contributed by atoms with Crippen LogP contribution in [0, 0.1) is 0 Å². The Balaban J connectivity index is 1.77. The van der Waals surface area contributed by atoms with Crippen molar-refractivity contribution in [3.63, 3.8) is 0 Å². The van der Waals surface area contributed by atoms with E-state index in [9.17, 15) is 19.5 Å². The van der Waals surface area contributed by atoms with Crippen LogP contribution >= 0.6 is 15.9 Å². The van der Waals surface area contributed by atoms with Crippen molar-refractivity contribution in [1.29, 1.82) is 0 Å². The van der Waals surface area contributed by atoms with E-state index in [0.717, 1.165) is 20.8 Å². The number of halogens is 1. The molecule has 3 amide bonds. The maximum atomic E-state index is 14.0. The number of hydrogen-bond acceptors (Lipinski definition) is 7. The van der Waals surface area contributed by atoms with Crippen LogP contribution in [0.1, 0.15) is 25.0 Å². The van der Waals surface area contributed by atoms with Gasteiger partial charge in [0.1, 0.15) is 11.3 Å². The van der Waals surface area contributed by atoms with Gasteiger partial charge in [0.2, 0.25) is 18.2 Å². The summed E-state index contributed by atoms with van der Waals surface area (Å²) < 4.78 is 6.83. The number of benzene rings is 3. The Morgan fingerprint density at radius 3 is 2.48 bits per heavy atom. The van der Waals surface area contributed by atoms with Gasteiger partial charge in [-0.05, 0) is 73.6 Å². The highest BCUT2D eigenvalue weighted by molar-refractivity contribution is 9.10. The standard InChI is InChI=1S/C33H38B2BrN5O5/c1-21(39-32(44)22(2)37-3)18-41(31(43)15-23-7-6-14-38-17-23)29-9-5-4-8-28(29)40(20-42)19-27-26-12-11-25(36)16-24(26)10-13-30(27)46-33(34,35)45/h4-14,16-17,20-22,37,45H,15,18-19,34-35H2,1-3H3,(H,39,44)/t21?,22-/m0/s1. The lowest BCUT2D eigenvalue weighted by atomic mass is 9.76. The summed E-state index contributed by atoms with van der Waals surface area (Å²) in [6.45, 7) is 3.83. The molecule has 0 spiro atoms. The molecule has 3 N–H and O–H groups in total. The van der Waals surface area contributed by atoms with Gasteiger partial charge in [-0.15, -0.1) is 0 Å². The van der Waals surface area contributed by atoms with Crippen molar-refractivity contribution in [2.45, 2.75) is 44.5 Å². The summed E-state index contributed by atoms with van der Waals surface area (Å²) in [7, 11) is 4.78. The highest BCUT2D eigenvalue weighted by Gasteiger charge is 2.26. The zero-order chi connectivity index (χ0) is 33.4. The summed E-state index contributed by atoms with van der Waals surface area (Å²) in [6, 6.07) is 19.4. The number of rotatable bonds is 14. The second-order valence-electron chi connectivity index (χ2n) is 11.6. The second kappa shape index (κ2) is 15.4. The number of aromatic nitrogens is 1. The van der Waals surface area contributed by atoms with Gasteiger partial charge in [0.25, 0.3) is 0 Å². The molecular formula is C33H38B2BrN5O5. The number of hydrogen-bond donors (Lipinski definition) is 3. The first-order chi connectivity index (χ1) is 21.9. The third kappa shape index (κ3) is 8.96. The molecule has 1 unspecified atom stereocenters. The fourth-order valence-corrected chi connectivity index (χ4v) is 5.46. The van der Waals surface area contributed by atoms with E-state index < -0.39 is 17.7 Å². The zero-order valence-corrected chi connectivity index (χ0v) is 28.2. The van der Waals surface area contributed by atoms with Crippen LogP contribution in [0.25, 0.3) is 10.8 Å². The molecule has 10 nitrogen and oxygen atoms in total. The van der Waals surface area contributed by atoms with E-state index in [0.29, 0.717) is 29.1 Å². The Labute approximate surface area is 279 Å². The maximum absolute atomic E-state index is 14.0. The Bertz CT molecular complexity index is 1690. The van der Waals surface area contributed by atoms with Crippen molar-refractivity contribution in [3.05, 3.63) is 94.7 Å². The lowest BCUT2D eigenvalue weighted by Gasteiger charge is -2.32. The normalized spacial score (nSPS) is 12.6. The molecule has 13 heteroatoms. The number of para-hydroxylation sites is 2. The molecule has 1 heterocycles. The SMILES string of the molecule is BC(B)(O)Oc1ccc2cc(Br)ccc2c1CN(C=O)c1ccccc1N(CC(C)NC(=O)[C@H](C)NC)C(=O)Cc1cccnc1. The van der Waals surface area contributed by atoms with Crippen LogP contribution in [0.2, 0.25) is 0 Å². The van der Waals surface area contributed by atoms with Gasteiger partial charge < -0.3 is 30.3 Å². The van der Waals surface area contributed by atoms with E-state index in [1.165, 1.54) is 4.90 Å². The van der Waals surface area contributed by atoms with Crippen LogP contribution in [0.5, 0.6) is 5.75 Å². The molecule has 3 aromatic carbocycles. The number of fused-ring (bicyclic) bond motifs is 1. The summed E-state index contributed by atoms with van der Waals surface area (Å²) in [4.78, 5) is 46.8. The second-order valence-corrected chi connectivity index (χ2v) is 12.6. The van der Waals surface area contributed by atoms with Gasteiger partial charge in [0.05, 0.1) is 30.4 Å². The van der Waals surface area contributed by atoms with Crippen LogP contribution < -0.4 is 25.2 Å². The number of carbonyl (C=O) groups excluding carboxylic acids is 3. The highest BCUT2D eigenvalue weighted by atomic mass is 79.9. The molecule has 0 radical (unpaired) electrons. The average molecular weight is 686 g/mol. The van der Waals surface area contributed by atoms with E-state index in [1.54, 1.807) is 83.4 Å². The molecule has 0 saturated heterocycles. The minimum absolute atomic E-state index is 0.0681. The van der Waals surface area contributed by atoms with E-state index in [-0.39, 0.29) is 31.3 Å². The van der Waals surface area contributed by atoms with Gasteiger partial charge in [-0.1, -0.05) is 46.3 Å². The smallest absolute Gasteiger partial charge is 0.237 e. The number of nitrogens with zero attached hydrogens (tertiary/aromatic N) is 3. The molecule has 0 aliphatic rings. The molecule has 1 aromatic heterocycles. The van der Waals surface area contributed by atoms with Gasteiger partial charge in [-0.25, -0.2) is 0 Å². The predicted octanol–water partition coefficient (Wildman–Crippen LogP) is 2.10. The Morgan fingerprint density at radius 2 is 1.83 bits per heavy atom. The fourth-order valence-electron chi connectivity index (χ4n) is 5.08. The molecule has 238 valence electrons. The van der Waals surface area contributed by atoms with Gasteiger partial charge in [-0.3, -0.25) is 19.4 Å². The van der Waals surface area contributed by atoms with Crippen LogP contribution in [0.15, 0.2) is 83.6 Å². The van der Waals surface area contributed by atoms with Crippen LogP contribution in [0.3, 0.4) is 0 Å². The van der Waals surface area contributed by atoms with E-state index in [1.807, 2.05) is 37.3 Å². The first kappa shape index (κ1) is 34.7. The molecule has 0 aliphatic carbocycles. The van der Waals surface area contributed by atoms with Crippen molar-refractivity contribution in [2.24, 2.45) is 0 Å². The third-order valence-corrected chi connectivity index (χ3v) is 7.89. The van der Waals surface area contributed by atoms with E-state index in [2.05, 4.69) is 31.5 Å². The van der Waals surface area contributed by atoms with Crippen molar-refractivity contribution < 1.29 is 24.2 Å². The minimum atomic E-state index is -1.47. The number of aliphatic hydroxyl groups is 1. The highest BCUT2D eigenvalue weighted by Crippen LogP contribution is 2.36. The monoisotopic (exact) mass is 685 g/mol. The third-order valence-electron chi connectivity index (χ3n) is 7.40. The summed E-state index contributed by atoms with van der Waals surface area (Å²) in [6.07, 6.45) is 4.07. The lowest BCUT2D eigenvalue weighted by Crippen LogP contribution is -2.49. The van der Waals surface area contributed by atoms with Crippen molar-refractivity contribution in [3.8, 4) is 5.75 Å². The zero-order valence-electron chi connectivity index (χ0n) is 26.7. The van der Waals surface area contributed by atoms with Crippen LogP contribution in [-0.2, 0) is 27.3 Å². The number of likely N-dealkylation sites (N-methyl/N-ethyl adjacent to an activating group) is 1. The van der Waals surface area contributed by atoms with Crippen LogP contribution in [0.4, 0.5) is 11.4 Å². The Hall–Kier alpha value is -4.19. The fraction of sp³-hybridized carbons (Fsp3) is 0.273. The topological polar surface area (TPSA) is 124 Å². The number of nitrogens with one attached hydrogen (secondary N) is 2. The number of amides is 3. The van der Waals surface area contributed by atoms with Crippen molar-refractivity contribution in [1.82, 2.24) is 15.6 Å². The number of carbonyl (C=O) groups is 3. The molecule has 0 bridgehead atoms. The van der Waals surface area contributed by atoms with Crippen molar-refractivity contribution in [2.75, 3.05) is 23.4 Å². The first-order valence-corrected chi connectivity index (χ1v) is 15.8. The van der Waals surface area contributed by atoms with Crippen molar-refractivity contribution >= 4 is 72.0 Å². The summed E-state index contributed by atoms with van der Waals surface area (Å²) >= 11 is 3.53. The quantitative estimate of drug-likeness (QED) is 0.106. The summed E-state index contributed by atoms with van der Waals surface area (Å²) in [5, 5.41) is 18.2. The molecule has 46 heavy (non-hydrogen) atoms. The molecular weight excluding hydrogens is 648 g/mol. The molecule has 4 rings (SSSR count). The van der Waals surface area contributed by atoms with Gasteiger partial charge in [0.15, 0.2) is 15.7 Å². The molecule has 0 aliphatic heterocycles. The van der Waals surface area contributed by atoms with E-state index in [4.69, 9.17) is 4.74 Å². The maximum Gasteiger partial charge on any atom is 0.237 e. The molecule has 4 aromatic rings. The number of anilines is 2. The van der Waals surface area contributed by atoms with Gasteiger partial charge in [-0.2, -0.15) is 0 Å². The Kier molecular flexibility index (Phi) is 11.6. The first-order valence-electron chi connectivity index (χ1n) is 15.0. The number of ether oxygens (including phenoxy) is 1. The number of pyridine rings is 1. The van der Waals surface area contributed by atoms with E-state index >= 15 is 0 Å². The molecule has 2 atom stereocenters. The Morgan fingerprint density at radius 1 is 1.09 bits per heavy atom.